The van der Waals surface area contributed by atoms with Crippen LogP contribution >= 0.6 is 0 Å². The van der Waals surface area contributed by atoms with Crippen molar-refractivity contribution in [1.82, 2.24) is 15.1 Å². The predicted molar refractivity (Wildman–Crippen MR) is 75.0 cm³/mol. The van der Waals surface area contributed by atoms with E-state index in [0.29, 0.717) is 11.6 Å². The maximum Gasteiger partial charge on any atom is 0.274 e. The van der Waals surface area contributed by atoms with E-state index in [1.807, 2.05) is 36.2 Å². The van der Waals surface area contributed by atoms with E-state index in [4.69, 9.17) is 0 Å². The molecule has 0 atom stereocenters. The number of amides is 1. The minimum absolute atomic E-state index is 0.0179. The molecule has 1 aliphatic rings. The smallest absolute Gasteiger partial charge is 0.274 e. The van der Waals surface area contributed by atoms with Gasteiger partial charge in [0.15, 0.2) is 5.69 Å². The molecule has 1 saturated carbocycles. The van der Waals surface area contributed by atoms with Crippen LogP contribution in [0.5, 0.6) is 0 Å². The molecule has 1 heterocycles. The second kappa shape index (κ2) is 5.03. The van der Waals surface area contributed by atoms with Crippen molar-refractivity contribution in [2.24, 2.45) is 5.92 Å². The fourth-order valence-corrected chi connectivity index (χ4v) is 2.97. The molecule has 2 aromatic rings. The number of nitrogens with one attached hydrogen (secondary N) is 1. The van der Waals surface area contributed by atoms with Crippen LogP contribution in [0.2, 0.25) is 0 Å². The molecule has 3 rings (SSSR count). The maximum absolute atomic E-state index is 12.5. The van der Waals surface area contributed by atoms with E-state index in [2.05, 4.69) is 10.2 Å². The summed E-state index contributed by atoms with van der Waals surface area (Å²) in [5, 5.41) is 8.00. The monoisotopic (exact) mass is 257 g/mol. The lowest BCUT2D eigenvalue weighted by molar-refractivity contribution is 0.0769. The first-order valence-corrected chi connectivity index (χ1v) is 6.94. The average Bonchev–Trinajstić information content (AvgIpc) is 3.06. The van der Waals surface area contributed by atoms with Gasteiger partial charge in [-0.1, -0.05) is 31.0 Å². The van der Waals surface area contributed by atoms with Crippen LogP contribution in [0.1, 0.15) is 36.2 Å². The van der Waals surface area contributed by atoms with Crippen LogP contribution in [0.4, 0.5) is 0 Å². The molecule has 4 heteroatoms. The number of aromatic amines is 1. The summed E-state index contributed by atoms with van der Waals surface area (Å²) in [5.41, 5.74) is 1.45. The van der Waals surface area contributed by atoms with Crippen molar-refractivity contribution in [2.75, 3.05) is 13.6 Å². The van der Waals surface area contributed by atoms with Crippen LogP contribution in [-0.4, -0.2) is 34.6 Å². The Morgan fingerprint density at radius 1 is 1.37 bits per heavy atom. The zero-order valence-electron chi connectivity index (χ0n) is 11.2. The Kier molecular flexibility index (Phi) is 3.23. The van der Waals surface area contributed by atoms with Gasteiger partial charge in [-0.15, -0.1) is 0 Å². The zero-order valence-corrected chi connectivity index (χ0v) is 11.2. The molecule has 0 saturated heterocycles. The number of carbonyl (C=O) groups is 1. The highest BCUT2D eigenvalue weighted by atomic mass is 16.2. The van der Waals surface area contributed by atoms with Crippen LogP contribution in [0, 0.1) is 5.92 Å². The number of fused-ring (bicyclic) bond motifs is 1. The molecule has 1 fully saturated rings. The molecule has 1 N–H and O–H groups in total. The first kappa shape index (κ1) is 12.2. The van der Waals surface area contributed by atoms with E-state index in [-0.39, 0.29) is 5.91 Å². The fourth-order valence-electron chi connectivity index (χ4n) is 2.97. The lowest BCUT2D eigenvalue weighted by Crippen LogP contribution is -2.31. The van der Waals surface area contributed by atoms with Crippen molar-refractivity contribution in [2.45, 2.75) is 25.7 Å². The summed E-state index contributed by atoms with van der Waals surface area (Å²) in [6.45, 7) is 0.847. The van der Waals surface area contributed by atoms with Gasteiger partial charge >= 0.3 is 0 Å². The molecule has 0 aliphatic heterocycles. The summed E-state index contributed by atoms with van der Waals surface area (Å²) >= 11 is 0. The molecule has 1 aromatic heterocycles. The average molecular weight is 257 g/mol. The molecule has 19 heavy (non-hydrogen) atoms. The number of rotatable bonds is 3. The van der Waals surface area contributed by atoms with Gasteiger partial charge in [-0.3, -0.25) is 9.89 Å². The number of hydrogen-bond donors (Lipinski definition) is 1. The van der Waals surface area contributed by atoms with Crippen LogP contribution in [0.25, 0.3) is 10.9 Å². The number of benzene rings is 1. The molecule has 1 aromatic carbocycles. The maximum atomic E-state index is 12.5. The van der Waals surface area contributed by atoms with Crippen LogP contribution in [0.15, 0.2) is 24.3 Å². The molecule has 0 unspecified atom stereocenters. The topological polar surface area (TPSA) is 49.0 Å². The Labute approximate surface area is 112 Å². The fraction of sp³-hybridized carbons (Fsp3) is 0.467. The van der Waals surface area contributed by atoms with Gasteiger partial charge < -0.3 is 4.90 Å². The third-order valence-electron chi connectivity index (χ3n) is 4.03. The van der Waals surface area contributed by atoms with E-state index in [1.54, 1.807) is 0 Å². The van der Waals surface area contributed by atoms with Gasteiger partial charge in [-0.2, -0.15) is 5.10 Å². The zero-order chi connectivity index (χ0) is 13.2. The van der Waals surface area contributed by atoms with E-state index < -0.39 is 0 Å². The molecule has 0 radical (unpaired) electrons. The van der Waals surface area contributed by atoms with Crippen LogP contribution < -0.4 is 0 Å². The summed E-state index contributed by atoms with van der Waals surface area (Å²) < 4.78 is 0. The molecular weight excluding hydrogens is 238 g/mol. The Hall–Kier alpha value is -1.84. The first-order chi connectivity index (χ1) is 9.25. The normalized spacial score (nSPS) is 16.1. The van der Waals surface area contributed by atoms with Crippen LogP contribution in [-0.2, 0) is 0 Å². The molecule has 1 amide bonds. The number of carbonyl (C=O) groups excluding carboxylic acids is 1. The summed E-state index contributed by atoms with van der Waals surface area (Å²) in [7, 11) is 1.88. The Bertz CT molecular complexity index is 584. The van der Waals surface area contributed by atoms with Crippen molar-refractivity contribution in [3.8, 4) is 0 Å². The second-order valence-corrected chi connectivity index (χ2v) is 5.45. The SMILES string of the molecule is CN(CC1CCCC1)C(=O)c1n[nH]c2ccccc12. The van der Waals surface area contributed by atoms with Crippen molar-refractivity contribution in [3.63, 3.8) is 0 Å². The van der Waals surface area contributed by atoms with Gasteiger partial charge in [0.2, 0.25) is 0 Å². The number of hydrogen-bond acceptors (Lipinski definition) is 2. The van der Waals surface area contributed by atoms with Gasteiger partial charge in [-0.25, -0.2) is 0 Å². The van der Waals surface area contributed by atoms with E-state index in [0.717, 1.165) is 17.4 Å². The Balaban J connectivity index is 1.78. The number of nitrogens with zero attached hydrogens (tertiary/aromatic N) is 2. The highest BCUT2D eigenvalue weighted by Gasteiger charge is 2.22. The van der Waals surface area contributed by atoms with Crippen molar-refractivity contribution < 1.29 is 4.79 Å². The molecule has 4 nitrogen and oxygen atoms in total. The standard InChI is InChI=1S/C15H19N3O/c1-18(10-11-6-2-3-7-11)15(19)14-12-8-4-5-9-13(12)16-17-14/h4-5,8-9,11H,2-3,6-7,10H2,1H3,(H,16,17). The Morgan fingerprint density at radius 2 is 2.11 bits per heavy atom. The highest BCUT2D eigenvalue weighted by molar-refractivity contribution is 6.04. The minimum atomic E-state index is 0.0179. The largest absolute Gasteiger partial charge is 0.340 e. The number of para-hydroxylation sites is 1. The summed E-state index contributed by atoms with van der Waals surface area (Å²) in [6, 6.07) is 7.76. The van der Waals surface area contributed by atoms with Gasteiger partial charge in [0, 0.05) is 19.0 Å². The lowest BCUT2D eigenvalue weighted by Gasteiger charge is -2.20. The van der Waals surface area contributed by atoms with Crippen molar-refractivity contribution in [3.05, 3.63) is 30.0 Å². The molecular formula is C15H19N3O. The van der Waals surface area contributed by atoms with Gasteiger partial charge in [0.1, 0.15) is 0 Å². The number of aromatic nitrogens is 2. The predicted octanol–water partition coefficient (Wildman–Crippen LogP) is 2.83. The molecule has 1 aliphatic carbocycles. The van der Waals surface area contributed by atoms with E-state index in [1.165, 1.54) is 25.7 Å². The molecule has 0 bridgehead atoms. The summed E-state index contributed by atoms with van der Waals surface area (Å²) in [5.74, 6) is 0.684. The third kappa shape index (κ3) is 2.35. The summed E-state index contributed by atoms with van der Waals surface area (Å²) in [6.07, 6.45) is 5.11. The van der Waals surface area contributed by atoms with Crippen LogP contribution in [0.3, 0.4) is 0 Å². The lowest BCUT2D eigenvalue weighted by atomic mass is 10.1. The van der Waals surface area contributed by atoms with Gasteiger partial charge in [0.05, 0.1) is 5.52 Å². The third-order valence-corrected chi connectivity index (χ3v) is 4.03. The van der Waals surface area contributed by atoms with Gasteiger partial charge in [0.25, 0.3) is 5.91 Å². The van der Waals surface area contributed by atoms with Gasteiger partial charge in [-0.05, 0) is 24.8 Å². The quantitative estimate of drug-likeness (QED) is 0.919. The van der Waals surface area contributed by atoms with E-state index in [9.17, 15) is 4.79 Å². The second-order valence-electron chi connectivity index (χ2n) is 5.45. The summed E-state index contributed by atoms with van der Waals surface area (Å²) in [4.78, 5) is 14.3. The number of H-pyrrole nitrogens is 1. The minimum Gasteiger partial charge on any atom is -0.340 e. The first-order valence-electron chi connectivity index (χ1n) is 6.94. The molecule has 0 spiro atoms. The Morgan fingerprint density at radius 3 is 2.89 bits per heavy atom. The highest BCUT2D eigenvalue weighted by Crippen LogP contribution is 2.26. The molecule has 100 valence electrons. The van der Waals surface area contributed by atoms with Crippen molar-refractivity contribution >= 4 is 16.8 Å². The van der Waals surface area contributed by atoms with Crippen molar-refractivity contribution in [1.29, 1.82) is 0 Å². The van der Waals surface area contributed by atoms with E-state index >= 15 is 0 Å².